The Hall–Kier alpha value is -2.10. The van der Waals surface area contributed by atoms with Gasteiger partial charge in [0.15, 0.2) is 0 Å². The maximum atomic E-state index is 9.09. The smallest absolute Gasteiger partial charge is 0.115 e. The van der Waals surface area contributed by atoms with E-state index in [4.69, 9.17) is 5.11 Å². The van der Waals surface area contributed by atoms with E-state index >= 15 is 0 Å². The molecule has 0 fully saturated rings. The number of aromatic nitrogens is 2. The summed E-state index contributed by atoms with van der Waals surface area (Å²) in [5, 5.41) is 12.3. The fourth-order valence-corrected chi connectivity index (χ4v) is 1.19. The van der Waals surface area contributed by atoms with Crippen LogP contribution < -0.4 is 5.32 Å². The number of benzene rings is 1. The van der Waals surface area contributed by atoms with Gasteiger partial charge in [0.25, 0.3) is 0 Å². The van der Waals surface area contributed by atoms with E-state index in [0.29, 0.717) is 6.54 Å². The Morgan fingerprint density at radius 1 is 1.13 bits per heavy atom. The molecule has 0 saturated heterocycles. The highest BCUT2D eigenvalue weighted by Gasteiger charge is 1.94. The lowest BCUT2D eigenvalue weighted by molar-refractivity contribution is 0.475. The molecule has 4 heteroatoms. The molecule has 0 aliphatic heterocycles. The van der Waals surface area contributed by atoms with Crippen molar-refractivity contribution in [3.05, 3.63) is 48.5 Å². The fourth-order valence-electron chi connectivity index (χ4n) is 1.19. The molecule has 0 amide bonds. The number of rotatable bonds is 3. The lowest BCUT2D eigenvalue weighted by Gasteiger charge is -2.05. The van der Waals surface area contributed by atoms with Gasteiger partial charge in [0.05, 0.1) is 12.2 Å². The molecule has 1 aromatic heterocycles. The molecule has 2 rings (SSSR count). The van der Waals surface area contributed by atoms with Crippen LogP contribution in [0.5, 0.6) is 5.75 Å². The molecular weight excluding hydrogens is 190 g/mol. The molecule has 0 saturated carbocycles. The summed E-state index contributed by atoms with van der Waals surface area (Å²) in [6, 6.07) is 8.77. The Bertz CT molecular complexity index is 414. The topological polar surface area (TPSA) is 58.0 Å². The van der Waals surface area contributed by atoms with Crippen molar-refractivity contribution in [3.63, 3.8) is 0 Å². The molecule has 76 valence electrons. The van der Waals surface area contributed by atoms with E-state index in [0.717, 1.165) is 11.4 Å². The summed E-state index contributed by atoms with van der Waals surface area (Å²) in [4.78, 5) is 7.93. The Morgan fingerprint density at radius 2 is 1.93 bits per heavy atom. The highest BCUT2D eigenvalue weighted by molar-refractivity contribution is 5.46. The summed E-state index contributed by atoms with van der Waals surface area (Å²) in [7, 11) is 0. The molecule has 4 nitrogen and oxygen atoms in total. The van der Waals surface area contributed by atoms with E-state index in [1.807, 2.05) is 18.2 Å². The Kier molecular flexibility index (Phi) is 2.78. The summed E-state index contributed by atoms with van der Waals surface area (Å²) < 4.78 is 0. The van der Waals surface area contributed by atoms with Crippen LogP contribution in [0, 0.1) is 0 Å². The first-order valence-electron chi connectivity index (χ1n) is 4.62. The Morgan fingerprint density at radius 3 is 2.60 bits per heavy atom. The summed E-state index contributed by atoms with van der Waals surface area (Å²) in [6.45, 7) is 0.646. The standard InChI is InChI=1S/C11H11N3O/c15-11-3-1-9(2-4-11)13-7-10-5-6-12-8-14-10/h1-6,8,13,15H,7H2. The number of anilines is 1. The zero-order chi connectivity index (χ0) is 10.5. The van der Waals surface area contributed by atoms with Gasteiger partial charge in [-0.15, -0.1) is 0 Å². The molecule has 0 radical (unpaired) electrons. The van der Waals surface area contributed by atoms with Crippen LogP contribution >= 0.6 is 0 Å². The molecule has 1 aromatic carbocycles. The average molecular weight is 201 g/mol. The van der Waals surface area contributed by atoms with Crippen molar-refractivity contribution in [3.8, 4) is 5.75 Å². The monoisotopic (exact) mass is 201 g/mol. The van der Waals surface area contributed by atoms with Gasteiger partial charge >= 0.3 is 0 Å². The van der Waals surface area contributed by atoms with Crippen molar-refractivity contribution in [2.75, 3.05) is 5.32 Å². The van der Waals surface area contributed by atoms with Crippen LogP contribution in [0.3, 0.4) is 0 Å². The van der Waals surface area contributed by atoms with Crippen LogP contribution in [0.15, 0.2) is 42.9 Å². The van der Waals surface area contributed by atoms with Gasteiger partial charge in [0, 0.05) is 11.9 Å². The molecule has 0 atom stereocenters. The molecule has 1 heterocycles. The summed E-state index contributed by atoms with van der Waals surface area (Å²) >= 11 is 0. The second kappa shape index (κ2) is 4.41. The van der Waals surface area contributed by atoms with E-state index in [9.17, 15) is 0 Å². The molecule has 0 aliphatic rings. The number of phenolic OH excluding ortho intramolecular Hbond substituents is 1. The molecule has 0 bridgehead atoms. The number of nitrogens with zero attached hydrogens (tertiary/aromatic N) is 2. The van der Waals surface area contributed by atoms with Crippen molar-refractivity contribution >= 4 is 5.69 Å². The number of hydrogen-bond donors (Lipinski definition) is 2. The highest BCUT2D eigenvalue weighted by Crippen LogP contribution is 2.14. The van der Waals surface area contributed by atoms with Crippen LogP contribution in [-0.4, -0.2) is 15.1 Å². The maximum absolute atomic E-state index is 9.09. The maximum Gasteiger partial charge on any atom is 0.115 e. The van der Waals surface area contributed by atoms with Crippen LogP contribution in [0.2, 0.25) is 0 Å². The molecule has 2 aromatic rings. The minimum atomic E-state index is 0.266. The summed E-state index contributed by atoms with van der Waals surface area (Å²) in [6.07, 6.45) is 3.23. The lowest BCUT2D eigenvalue weighted by atomic mass is 10.3. The average Bonchev–Trinajstić information content (AvgIpc) is 2.30. The first-order valence-corrected chi connectivity index (χ1v) is 4.62. The van der Waals surface area contributed by atoms with Gasteiger partial charge < -0.3 is 10.4 Å². The number of phenols is 1. The van der Waals surface area contributed by atoms with E-state index in [1.54, 1.807) is 18.3 Å². The summed E-state index contributed by atoms with van der Waals surface area (Å²) in [5.74, 6) is 0.266. The second-order valence-electron chi connectivity index (χ2n) is 3.10. The van der Waals surface area contributed by atoms with Gasteiger partial charge in [-0.25, -0.2) is 9.97 Å². The first-order chi connectivity index (χ1) is 7.34. The van der Waals surface area contributed by atoms with Gasteiger partial charge in [-0.3, -0.25) is 0 Å². The molecule has 0 unspecified atom stereocenters. The zero-order valence-electron chi connectivity index (χ0n) is 8.09. The van der Waals surface area contributed by atoms with E-state index < -0.39 is 0 Å². The van der Waals surface area contributed by atoms with Crippen LogP contribution in [-0.2, 0) is 6.54 Å². The van der Waals surface area contributed by atoms with Crippen molar-refractivity contribution in [1.82, 2.24) is 9.97 Å². The van der Waals surface area contributed by atoms with Crippen molar-refractivity contribution < 1.29 is 5.11 Å². The molecule has 2 N–H and O–H groups in total. The van der Waals surface area contributed by atoms with Gasteiger partial charge in [-0.2, -0.15) is 0 Å². The normalized spacial score (nSPS) is 9.87. The summed E-state index contributed by atoms with van der Waals surface area (Å²) in [5.41, 5.74) is 1.88. The van der Waals surface area contributed by atoms with Crippen molar-refractivity contribution in [2.45, 2.75) is 6.54 Å². The molecule has 0 aliphatic carbocycles. The van der Waals surface area contributed by atoms with E-state index in [-0.39, 0.29) is 5.75 Å². The Balaban J connectivity index is 1.96. The van der Waals surface area contributed by atoms with Crippen molar-refractivity contribution in [2.24, 2.45) is 0 Å². The highest BCUT2D eigenvalue weighted by atomic mass is 16.3. The SMILES string of the molecule is Oc1ccc(NCc2ccncn2)cc1. The quantitative estimate of drug-likeness (QED) is 0.743. The van der Waals surface area contributed by atoms with E-state index in [2.05, 4.69) is 15.3 Å². The Labute approximate surface area is 87.6 Å². The van der Waals surface area contributed by atoms with Gasteiger partial charge in [0.2, 0.25) is 0 Å². The predicted octanol–water partition coefficient (Wildman–Crippen LogP) is 1.79. The lowest BCUT2D eigenvalue weighted by Crippen LogP contribution is -2.01. The predicted molar refractivity (Wildman–Crippen MR) is 57.5 cm³/mol. The molecule has 15 heavy (non-hydrogen) atoms. The van der Waals surface area contributed by atoms with Crippen LogP contribution in [0.4, 0.5) is 5.69 Å². The second-order valence-corrected chi connectivity index (χ2v) is 3.10. The zero-order valence-corrected chi connectivity index (χ0v) is 8.09. The van der Waals surface area contributed by atoms with E-state index in [1.165, 1.54) is 6.33 Å². The van der Waals surface area contributed by atoms with Gasteiger partial charge in [-0.05, 0) is 30.3 Å². The number of hydrogen-bond acceptors (Lipinski definition) is 4. The third-order valence-electron chi connectivity index (χ3n) is 1.98. The molecule has 0 spiro atoms. The van der Waals surface area contributed by atoms with Gasteiger partial charge in [0.1, 0.15) is 12.1 Å². The fraction of sp³-hybridized carbons (Fsp3) is 0.0909. The van der Waals surface area contributed by atoms with Gasteiger partial charge in [-0.1, -0.05) is 0 Å². The van der Waals surface area contributed by atoms with Crippen LogP contribution in [0.1, 0.15) is 5.69 Å². The van der Waals surface area contributed by atoms with Crippen LogP contribution in [0.25, 0.3) is 0 Å². The minimum absolute atomic E-state index is 0.266. The molecular formula is C11H11N3O. The first kappa shape index (κ1) is 9.45. The number of aromatic hydroxyl groups is 1. The third-order valence-corrected chi connectivity index (χ3v) is 1.98. The number of nitrogens with one attached hydrogen (secondary N) is 1. The minimum Gasteiger partial charge on any atom is -0.508 e. The largest absolute Gasteiger partial charge is 0.508 e. The van der Waals surface area contributed by atoms with Crippen molar-refractivity contribution in [1.29, 1.82) is 0 Å². The third kappa shape index (κ3) is 2.67.